The molecule has 1 aromatic heterocycles. The highest BCUT2D eigenvalue weighted by atomic mass is 19.1. The summed E-state index contributed by atoms with van der Waals surface area (Å²) in [5, 5.41) is 0. The van der Waals surface area contributed by atoms with Crippen molar-refractivity contribution in [3.05, 3.63) is 83.6 Å². The van der Waals surface area contributed by atoms with E-state index < -0.39 is 5.82 Å². The lowest BCUT2D eigenvalue weighted by atomic mass is 10.1. The second-order valence-electron chi connectivity index (χ2n) is 5.82. The summed E-state index contributed by atoms with van der Waals surface area (Å²) >= 11 is 0. The molecule has 0 spiro atoms. The van der Waals surface area contributed by atoms with Gasteiger partial charge in [-0.15, -0.1) is 0 Å². The first-order valence-electron chi connectivity index (χ1n) is 8.43. The summed E-state index contributed by atoms with van der Waals surface area (Å²) in [6, 6.07) is 17.1. The average Bonchev–Trinajstić information content (AvgIpc) is 3.12. The molecule has 1 heterocycles. The summed E-state index contributed by atoms with van der Waals surface area (Å²) in [6.07, 6.45) is 0. The van der Waals surface area contributed by atoms with Crippen molar-refractivity contribution in [3.63, 3.8) is 0 Å². The first-order chi connectivity index (χ1) is 12.6. The van der Waals surface area contributed by atoms with E-state index in [9.17, 15) is 9.18 Å². The highest BCUT2D eigenvalue weighted by molar-refractivity contribution is 6.04. The molecule has 3 rings (SSSR count). The van der Waals surface area contributed by atoms with Crippen LogP contribution in [0.15, 0.2) is 65.1 Å². The van der Waals surface area contributed by atoms with Gasteiger partial charge in [-0.25, -0.2) is 4.39 Å². The van der Waals surface area contributed by atoms with Gasteiger partial charge in [0.25, 0.3) is 5.91 Å². The molecule has 5 heteroatoms. The van der Waals surface area contributed by atoms with Gasteiger partial charge in [0, 0.05) is 12.2 Å². The van der Waals surface area contributed by atoms with Crippen LogP contribution < -0.4 is 9.64 Å². The number of furan rings is 1. The first kappa shape index (κ1) is 17.7. The van der Waals surface area contributed by atoms with E-state index in [1.807, 2.05) is 38.1 Å². The maximum absolute atomic E-state index is 13.6. The molecule has 0 aliphatic rings. The van der Waals surface area contributed by atoms with Crippen LogP contribution in [0.1, 0.15) is 28.8 Å². The van der Waals surface area contributed by atoms with Gasteiger partial charge in [0.05, 0.1) is 0 Å². The van der Waals surface area contributed by atoms with Crippen molar-refractivity contribution in [2.75, 3.05) is 11.4 Å². The fraction of sp³-hybridized carbons (Fsp3) is 0.190. The molecule has 0 atom stereocenters. The summed E-state index contributed by atoms with van der Waals surface area (Å²) in [5.41, 5.74) is 1.86. The van der Waals surface area contributed by atoms with Crippen LogP contribution in [0, 0.1) is 12.7 Å². The summed E-state index contributed by atoms with van der Waals surface area (Å²) in [4.78, 5) is 14.5. The third-order valence-corrected chi connectivity index (χ3v) is 4.05. The van der Waals surface area contributed by atoms with Gasteiger partial charge >= 0.3 is 0 Å². The Balaban J connectivity index is 1.73. The molecule has 0 saturated heterocycles. The molecular formula is C21H20FNO3. The van der Waals surface area contributed by atoms with Gasteiger partial charge in [-0.05, 0) is 49.7 Å². The summed E-state index contributed by atoms with van der Waals surface area (Å²) in [5.74, 6) is 0.164. The largest absolute Gasteiger partial charge is 0.483 e. The van der Waals surface area contributed by atoms with Crippen molar-refractivity contribution in [3.8, 4) is 5.75 Å². The van der Waals surface area contributed by atoms with E-state index in [1.165, 1.54) is 6.07 Å². The van der Waals surface area contributed by atoms with Crippen LogP contribution >= 0.6 is 0 Å². The van der Waals surface area contributed by atoms with E-state index in [-0.39, 0.29) is 24.0 Å². The minimum Gasteiger partial charge on any atom is -0.483 e. The smallest absolute Gasteiger partial charge is 0.293 e. The van der Waals surface area contributed by atoms with Crippen LogP contribution in [0.5, 0.6) is 5.75 Å². The highest BCUT2D eigenvalue weighted by Crippen LogP contribution is 2.23. The van der Waals surface area contributed by atoms with E-state index in [4.69, 9.17) is 9.15 Å². The van der Waals surface area contributed by atoms with Crippen LogP contribution in [-0.2, 0) is 6.61 Å². The van der Waals surface area contributed by atoms with Gasteiger partial charge in [0.1, 0.15) is 12.4 Å². The Morgan fingerprint density at radius 2 is 1.81 bits per heavy atom. The Bertz CT molecular complexity index is 904. The predicted molar refractivity (Wildman–Crippen MR) is 98.0 cm³/mol. The van der Waals surface area contributed by atoms with Crippen molar-refractivity contribution >= 4 is 11.6 Å². The summed E-state index contributed by atoms with van der Waals surface area (Å²) in [7, 11) is 0. The van der Waals surface area contributed by atoms with Crippen LogP contribution in [0.2, 0.25) is 0 Å². The number of nitrogens with zero attached hydrogens (tertiary/aromatic N) is 1. The molecule has 26 heavy (non-hydrogen) atoms. The topological polar surface area (TPSA) is 42.7 Å². The molecule has 0 saturated carbocycles. The zero-order chi connectivity index (χ0) is 18.5. The Morgan fingerprint density at radius 1 is 1.08 bits per heavy atom. The van der Waals surface area contributed by atoms with Crippen molar-refractivity contribution < 1.29 is 18.3 Å². The van der Waals surface area contributed by atoms with E-state index >= 15 is 0 Å². The van der Waals surface area contributed by atoms with Crippen molar-refractivity contribution in [2.24, 2.45) is 0 Å². The molecule has 1 amide bonds. The molecule has 0 unspecified atom stereocenters. The molecule has 4 nitrogen and oxygen atoms in total. The zero-order valence-electron chi connectivity index (χ0n) is 14.7. The third-order valence-electron chi connectivity index (χ3n) is 4.05. The molecule has 134 valence electrons. The number of halogens is 1. The Morgan fingerprint density at radius 3 is 2.54 bits per heavy atom. The lowest BCUT2D eigenvalue weighted by Crippen LogP contribution is -2.30. The van der Waals surface area contributed by atoms with Gasteiger partial charge in [-0.1, -0.05) is 30.3 Å². The number of carbonyl (C=O) groups is 1. The SMILES string of the molecule is CCN(C(=O)c1ccc(COc2ccccc2F)o1)c1ccccc1C. The summed E-state index contributed by atoms with van der Waals surface area (Å²) in [6.45, 7) is 4.44. The number of carbonyl (C=O) groups excluding carboxylic acids is 1. The van der Waals surface area contributed by atoms with Crippen molar-refractivity contribution in [2.45, 2.75) is 20.5 Å². The molecule has 0 N–H and O–H groups in total. The lowest BCUT2D eigenvalue weighted by Gasteiger charge is -2.21. The minimum absolute atomic E-state index is 0.0463. The van der Waals surface area contributed by atoms with Crippen LogP contribution in [0.3, 0.4) is 0 Å². The predicted octanol–water partition coefficient (Wildman–Crippen LogP) is 4.97. The normalized spacial score (nSPS) is 10.6. The molecule has 2 aromatic carbocycles. The second kappa shape index (κ2) is 7.87. The summed E-state index contributed by atoms with van der Waals surface area (Å²) < 4.78 is 24.6. The van der Waals surface area contributed by atoms with Crippen molar-refractivity contribution in [1.29, 1.82) is 0 Å². The average molecular weight is 353 g/mol. The molecule has 0 aliphatic carbocycles. The monoisotopic (exact) mass is 353 g/mol. The van der Waals surface area contributed by atoms with Crippen LogP contribution in [0.25, 0.3) is 0 Å². The van der Waals surface area contributed by atoms with E-state index in [1.54, 1.807) is 35.2 Å². The lowest BCUT2D eigenvalue weighted by molar-refractivity contribution is 0.0957. The Labute approximate surface area is 151 Å². The zero-order valence-corrected chi connectivity index (χ0v) is 14.7. The first-order valence-corrected chi connectivity index (χ1v) is 8.43. The maximum Gasteiger partial charge on any atom is 0.293 e. The number of hydrogen-bond donors (Lipinski definition) is 0. The van der Waals surface area contributed by atoms with Crippen LogP contribution in [-0.4, -0.2) is 12.5 Å². The Hall–Kier alpha value is -3.08. The molecule has 0 aliphatic heterocycles. The number of anilines is 1. The van der Waals surface area contributed by atoms with Crippen molar-refractivity contribution in [1.82, 2.24) is 0 Å². The fourth-order valence-corrected chi connectivity index (χ4v) is 2.70. The number of benzene rings is 2. The molecule has 0 radical (unpaired) electrons. The fourth-order valence-electron chi connectivity index (χ4n) is 2.70. The number of para-hydroxylation sites is 2. The van der Waals surface area contributed by atoms with E-state index in [0.29, 0.717) is 12.3 Å². The quantitative estimate of drug-likeness (QED) is 0.628. The Kier molecular flexibility index (Phi) is 5.37. The third kappa shape index (κ3) is 3.77. The maximum atomic E-state index is 13.6. The molecule has 3 aromatic rings. The highest BCUT2D eigenvalue weighted by Gasteiger charge is 2.21. The van der Waals surface area contributed by atoms with E-state index in [2.05, 4.69) is 0 Å². The van der Waals surface area contributed by atoms with Gasteiger partial charge in [-0.2, -0.15) is 0 Å². The van der Waals surface area contributed by atoms with Gasteiger partial charge in [-0.3, -0.25) is 4.79 Å². The number of aryl methyl sites for hydroxylation is 1. The minimum atomic E-state index is -0.438. The van der Waals surface area contributed by atoms with Crippen LogP contribution in [0.4, 0.5) is 10.1 Å². The van der Waals surface area contributed by atoms with Gasteiger partial charge in [0.15, 0.2) is 17.3 Å². The number of amides is 1. The van der Waals surface area contributed by atoms with E-state index in [0.717, 1.165) is 11.3 Å². The van der Waals surface area contributed by atoms with Gasteiger partial charge < -0.3 is 14.1 Å². The number of hydrogen-bond acceptors (Lipinski definition) is 3. The van der Waals surface area contributed by atoms with Gasteiger partial charge in [0.2, 0.25) is 0 Å². The molecular weight excluding hydrogens is 333 g/mol. The standard InChI is InChI=1S/C21H20FNO3/c1-3-23(18-10-6-4-8-15(18)2)21(24)20-13-12-16(26-20)14-25-19-11-7-5-9-17(19)22/h4-13H,3,14H2,1-2H3. The molecule has 0 fully saturated rings. The molecule has 0 bridgehead atoms. The second-order valence-corrected chi connectivity index (χ2v) is 5.82. The number of ether oxygens (including phenoxy) is 1. The number of rotatable bonds is 6.